The van der Waals surface area contributed by atoms with Crippen molar-refractivity contribution < 1.29 is 33.4 Å². The van der Waals surface area contributed by atoms with Crippen molar-refractivity contribution in [3.63, 3.8) is 0 Å². The molecule has 308 valence electrons. The molecule has 0 aromatic rings. The molecule has 0 aromatic carbocycles. The molecule has 0 spiro atoms. The molecule has 0 fully saturated rings. The second-order valence-electron chi connectivity index (χ2n) is 18.2. The van der Waals surface area contributed by atoms with Gasteiger partial charge in [0.25, 0.3) is 0 Å². The van der Waals surface area contributed by atoms with E-state index in [-0.39, 0.29) is 0 Å². The summed E-state index contributed by atoms with van der Waals surface area (Å²) in [5.41, 5.74) is 0. The van der Waals surface area contributed by atoms with Crippen LogP contribution in [0.5, 0.6) is 0 Å². The summed E-state index contributed by atoms with van der Waals surface area (Å²) in [4.78, 5) is 0. The molecule has 4 N–H and O–H groups in total. The van der Waals surface area contributed by atoms with Crippen LogP contribution >= 0.6 is 0 Å². The molecule has 0 aliphatic carbocycles. The first-order valence-electron chi connectivity index (χ1n) is 21.6. The van der Waals surface area contributed by atoms with Crippen molar-refractivity contribution in [2.24, 2.45) is 0 Å². The second-order valence-corrected chi connectivity index (χ2v) is 35.9. The largest absolute Gasteiger partial charge is 0.455 e. The normalized spacial score (nSPS) is 15.6. The molecule has 0 bridgehead atoms. The molecule has 0 heterocycles. The lowest BCUT2D eigenvalue weighted by Crippen LogP contribution is -2.45. The SMILES string of the molecule is CCCCCCCCCC[Si](C)(C)O[Si](C)(C)CCCC(OC(CCC[Si](C)(C)O[Si](C)(C)CCCCCCCCCC)C(O)CO)C(O)CO. The maximum Gasteiger partial charge on any atom is 0.173 e. The van der Waals surface area contributed by atoms with Gasteiger partial charge in [0.15, 0.2) is 33.3 Å². The molecule has 51 heavy (non-hydrogen) atoms. The van der Waals surface area contributed by atoms with Gasteiger partial charge in [-0.3, -0.25) is 0 Å². The molecular formula is C40H90O7Si4. The van der Waals surface area contributed by atoms with Crippen molar-refractivity contribution >= 4 is 33.3 Å². The fraction of sp³-hybridized carbons (Fsp3) is 1.00. The van der Waals surface area contributed by atoms with Gasteiger partial charge in [0.1, 0.15) is 12.2 Å². The molecule has 7 nitrogen and oxygen atoms in total. The Labute approximate surface area is 322 Å². The van der Waals surface area contributed by atoms with E-state index in [4.69, 9.17) is 13.0 Å². The average Bonchev–Trinajstić information content (AvgIpc) is 3.04. The Morgan fingerprint density at radius 1 is 0.392 bits per heavy atom. The molecule has 4 unspecified atom stereocenters. The quantitative estimate of drug-likeness (QED) is 0.0369. The minimum absolute atomic E-state index is 0.394. The smallest absolute Gasteiger partial charge is 0.173 e. The molecule has 0 aliphatic heterocycles. The highest BCUT2D eigenvalue weighted by Gasteiger charge is 2.35. The third-order valence-electron chi connectivity index (χ3n) is 10.5. The Bertz CT molecular complexity index is 752. The van der Waals surface area contributed by atoms with Crippen LogP contribution in [-0.2, 0) is 13.0 Å². The van der Waals surface area contributed by atoms with Crippen molar-refractivity contribution in [3.05, 3.63) is 0 Å². The highest BCUT2D eigenvalue weighted by Crippen LogP contribution is 2.29. The van der Waals surface area contributed by atoms with Gasteiger partial charge in [-0.05, 0) is 89.4 Å². The maximum atomic E-state index is 10.7. The molecule has 0 rings (SSSR count). The number of hydrogen-bond acceptors (Lipinski definition) is 7. The summed E-state index contributed by atoms with van der Waals surface area (Å²) in [6, 6.07) is 4.33. The lowest BCUT2D eigenvalue weighted by molar-refractivity contribution is -0.136. The summed E-state index contributed by atoms with van der Waals surface area (Å²) >= 11 is 0. The van der Waals surface area contributed by atoms with Crippen LogP contribution in [0.15, 0.2) is 0 Å². The van der Waals surface area contributed by atoms with E-state index in [2.05, 4.69) is 66.2 Å². The minimum atomic E-state index is -1.92. The highest BCUT2D eigenvalue weighted by molar-refractivity contribution is 6.85. The summed E-state index contributed by atoms with van der Waals surface area (Å²) in [6.07, 6.45) is 20.9. The van der Waals surface area contributed by atoms with Crippen LogP contribution in [0.3, 0.4) is 0 Å². The first-order valence-corrected chi connectivity index (χ1v) is 34.0. The van der Waals surface area contributed by atoms with Crippen molar-refractivity contribution in [1.82, 2.24) is 0 Å². The maximum absolute atomic E-state index is 10.7. The number of aliphatic hydroxyl groups is 4. The van der Waals surface area contributed by atoms with Gasteiger partial charge in [-0.15, -0.1) is 0 Å². The first-order chi connectivity index (χ1) is 23.9. The monoisotopic (exact) mass is 795 g/mol. The van der Waals surface area contributed by atoms with Gasteiger partial charge in [0.05, 0.1) is 25.4 Å². The van der Waals surface area contributed by atoms with Gasteiger partial charge in [0.2, 0.25) is 0 Å². The standard InChI is InChI=1S/C40H90O7Si4/c1-11-13-15-17-19-21-23-25-31-48(3,4)46-50(7,8)33-27-29-39(37(43)35-41)45-40(38(44)36-42)30-28-34-51(9,10)47-49(5,6)32-26-24-22-20-18-16-14-12-2/h37-44H,11-36H2,1-10H3. The molecule has 0 aromatic heterocycles. The van der Waals surface area contributed by atoms with Gasteiger partial charge in [-0.2, -0.15) is 0 Å². The average molecular weight is 795 g/mol. The van der Waals surface area contributed by atoms with Crippen LogP contribution in [0.4, 0.5) is 0 Å². The highest BCUT2D eigenvalue weighted by atomic mass is 28.4. The number of aliphatic hydroxyl groups excluding tert-OH is 4. The van der Waals surface area contributed by atoms with E-state index in [9.17, 15) is 20.4 Å². The molecule has 0 aliphatic rings. The Morgan fingerprint density at radius 3 is 0.922 bits per heavy atom. The lowest BCUT2D eigenvalue weighted by atomic mass is 10.1. The summed E-state index contributed by atoms with van der Waals surface area (Å²) < 4.78 is 20.2. The predicted octanol–water partition coefficient (Wildman–Crippen LogP) is 11.1. The van der Waals surface area contributed by atoms with E-state index in [1.54, 1.807) is 0 Å². The van der Waals surface area contributed by atoms with Gasteiger partial charge < -0.3 is 33.4 Å². The molecule has 4 atom stereocenters. The summed E-state index contributed by atoms with van der Waals surface area (Å²) in [5, 5.41) is 41.2. The zero-order valence-electron chi connectivity index (χ0n) is 35.7. The second kappa shape index (κ2) is 28.9. The van der Waals surface area contributed by atoms with Crippen molar-refractivity contribution in [3.8, 4) is 0 Å². The topological polar surface area (TPSA) is 109 Å². The van der Waals surface area contributed by atoms with Gasteiger partial charge in [0, 0.05) is 0 Å². The van der Waals surface area contributed by atoms with E-state index >= 15 is 0 Å². The molecule has 0 saturated carbocycles. The van der Waals surface area contributed by atoms with E-state index in [1.807, 2.05) is 0 Å². The third kappa shape index (κ3) is 28.6. The van der Waals surface area contributed by atoms with Crippen molar-refractivity contribution in [2.75, 3.05) is 13.2 Å². The summed E-state index contributed by atoms with van der Waals surface area (Å²) in [7, 11) is -7.36. The van der Waals surface area contributed by atoms with E-state index in [0.717, 1.165) is 24.9 Å². The van der Waals surface area contributed by atoms with Gasteiger partial charge in [-0.1, -0.05) is 129 Å². The van der Waals surface area contributed by atoms with E-state index < -0.39 is 70.9 Å². The van der Waals surface area contributed by atoms with Gasteiger partial charge in [-0.25, -0.2) is 0 Å². The molecule has 11 heteroatoms. The van der Waals surface area contributed by atoms with E-state index in [0.29, 0.717) is 12.8 Å². The number of ether oxygens (including phenoxy) is 1. The number of hydrogen-bond donors (Lipinski definition) is 4. The Hall–Kier alpha value is 0.588. The van der Waals surface area contributed by atoms with Gasteiger partial charge >= 0.3 is 0 Å². The van der Waals surface area contributed by atoms with Crippen LogP contribution in [0.1, 0.15) is 142 Å². The third-order valence-corrected chi connectivity index (χ3v) is 25.6. The van der Waals surface area contributed by atoms with Crippen LogP contribution in [0.25, 0.3) is 0 Å². The molecular weight excluding hydrogens is 705 g/mol. The van der Waals surface area contributed by atoms with Crippen molar-refractivity contribution in [1.29, 1.82) is 0 Å². The Kier molecular flexibility index (Phi) is 29.2. The van der Waals surface area contributed by atoms with Crippen LogP contribution in [-0.4, -0.2) is 91.3 Å². The molecule has 0 amide bonds. The summed E-state index contributed by atoms with van der Waals surface area (Å²) in [6.45, 7) is 22.4. The molecule has 0 saturated heterocycles. The first kappa shape index (κ1) is 51.6. The number of unbranched alkanes of at least 4 members (excludes halogenated alkanes) is 14. The van der Waals surface area contributed by atoms with Crippen LogP contribution in [0, 0.1) is 0 Å². The number of rotatable bonds is 36. The fourth-order valence-electron chi connectivity index (χ4n) is 7.69. The van der Waals surface area contributed by atoms with Crippen LogP contribution in [0.2, 0.25) is 76.6 Å². The van der Waals surface area contributed by atoms with Crippen molar-refractivity contribution in [2.45, 2.75) is 243 Å². The zero-order chi connectivity index (χ0) is 38.8. The van der Waals surface area contributed by atoms with Crippen LogP contribution < -0.4 is 0 Å². The Morgan fingerprint density at radius 2 is 0.647 bits per heavy atom. The zero-order valence-corrected chi connectivity index (χ0v) is 39.7. The minimum Gasteiger partial charge on any atom is -0.455 e. The molecule has 0 radical (unpaired) electrons. The summed E-state index contributed by atoms with van der Waals surface area (Å²) in [5.74, 6) is 0. The lowest BCUT2D eigenvalue weighted by Gasteiger charge is -2.35. The predicted molar refractivity (Wildman–Crippen MR) is 230 cm³/mol. The fourth-order valence-corrected chi connectivity index (χ4v) is 25.6. The Balaban J connectivity index is 4.89. The van der Waals surface area contributed by atoms with E-state index in [1.165, 1.54) is 115 Å².